The first kappa shape index (κ1) is 16.8. The Morgan fingerprint density at radius 1 is 1.38 bits per heavy atom. The number of aryl methyl sites for hydroxylation is 2. The van der Waals surface area contributed by atoms with Gasteiger partial charge in [-0.1, -0.05) is 6.07 Å². The molecule has 5 heteroatoms. The first-order valence-electron chi connectivity index (χ1n) is 8.67. The van der Waals surface area contributed by atoms with Crippen molar-refractivity contribution in [1.82, 2.24) is 10.2 Å². The maximum Gasteiger partial charge on any atom is 0.240 e. The molecule has 2 aliphatic heterocycles. The average Bonchev–Trinajstić information content (AvgIpc) is 3.21. The van der Waals surface area contributed by atoms with Gasteiger partial charge in [-0.3, -0.25) is 4.79 Å². The van der Waals surface area contributed by atoms with Crippen molar-refractivity contribution in [3.63, 3.8) is 0 Å². The minimum atomic E-state index is -0.273. The summed E-state index contributed by atoms with van der Waals surface area (Å²) in [5.41, 5.74) is 4.13. The van der Waals surface area contributed by atoms with Crippen LogP contribution < -0.4 is 5.32 Å². The van der Waals surface area contributed by atoms with Crippen molar-refractivity contribution in [1.29, 1.82) is 5.26 Å². The Morgan fingerprint density at radius 3 is 2.83 bits per heavy atom. The molecule has 0 bridgehead atoms. The molecule has 0 radical (unpaired) electrons. The Labute approximate surface area is 143 Å². The zero-order valence-electron chi connectivity index (χ0n) is 14.6. The van der Waals surface area contributed by atoms with Crippen molar-refractivity contribution in [2.45, 2.75) is 58.0 Å². The highest BCUT2D eigenvalue weighted by Gasteiger charge is 2.38. The number of benzene rings is 1. The van der Waals surface area contributed by atoms with Gasteiger partial charge in [-0.2, -0.15) is 5.26 Å². The first-order valence-corrected chi connectivity index (χ1v) is 8.67. The van der Waals surface area contributed by atoms with Gasteiger partial charge in [0.1, 0.15) is 11.8 Å². The molecule has 24 heavy (non-hydrogen) atoms. The Morgan fingerprint density at radius 2 is 2.12 bits per heavy atom. The number of aromatic hydroxyl groups is 1. The third kappa shape index (κ3) is 2.76. The number of rotatable bonds is 2. The lowest BCUT2D eigenvalue weighted by Crippen LogP contribution is -2.45. The first-order chi connectivity index (χ1) is 11.4. The molecule has 2 heterocycles. The van der Waals surface area contributed by atoms with Crippen LogP contribution >= 0.6 is 0 Å². The molecule has 0 unspecified atom stereocenters. The number of hydrogen-bond acceptors (Lipinski definition) is 4. The molecular formula is C19H25N3O2. The van der Waals surface area contributed by atoms with Crippen molar-refractivity contribution in [3.05, 3.63) is 28.3 Å². The quantitative estimate of drug-likeness (QED) is 0.874. The number of nitriles is 1. The fraction of sp³-hybridized carbons (Fsp3) is 0.579. The van der Waals surface area contributed by atoms with Crippen molar-refractivity contribution in [2.75, 3.05) is 13.1 Å². The highest BCUT2D eigenvalue weighted by Crippen LogP contribution is 2.37. The Kier molecular flexibility index (Phi) is 4.51. The summed E-state index contributed by atoms with van der Waals surface area (Å²) in [5.74, 6) is 0.622. The van der Waals surface area contributed by atoms with E-state index in [2.05, 4.69) is 18.3 Å². The molecule has 0 aromatic heterocycles. The lowest BCUT2D eigenvalue weighted by atomic mass is 9.87. The standard InChI is InChI=1S/C19H25N3O2/c1-11-7-12(2)18(23)13(3)17(11)14-8-16(21-10-14)19(24)22-6-4-5-15(22)9-20/h7,14-16,21,23H,4-6,8,10H2,1-3H3/t14-,15-,16-/m0/s1. The maximum absolute atomic E-state index is 12.7. The second-order valence-corrected chi connectivity index (χ2v) is 7.11. The minimum absolute atomic E-state index is 0.0492. The molecule has 2 N–H and O–H groups in total. The van der Waals surface area contributed by atoms with E-state index in [4.69, 9.17) is 0 Å². The van der Waals surface area contributed by atoms with E-state index in [1.807, 2.05) is 19.9 Å². The van der Waals surface area contributed by atoms with Gasteiger partial charge in [-0.05, 0) is 68.2 Å². The van der Waals surface area contributed by atoms with Gasteiger partial charge < -0.3 is 15.3 Å². The highest BCUT2D eigenvalue weighted by molar-refractivity contribution is 5.83. The number of nitrogens with one attached hydrogen (secondary N) is 1. The van der Waals surface area contributed by atoms with E-state index in [9.17, 15) is 15.2 Å². The number of carbonyl (C=O) groups excluding carboxylic acids is 1. The van der Waals surface area contributed by atoms with E-state index in [1.165, 1.54) is 5.56 Å². The van der Waals surface area contributed by atoms with Gasteiger partial charge in [0.05, 0.1) is 12.1 Å². The summed E-state index contributed by atoms with van der Waals surface area (Å²) < 4.78 is 0. The summed E-state index contributed by atoms with van der Waals surface area (Å²) in [6.07, 6.45) is 2.41. The summed E-state index contributed by atoms with van der Waals surface area (Å²) in [6, 6.07) is 3.75. The highest BCUT2D eigenvalue weighted by atomic mass is 16.3. The van der Waals surface area contributed by atoms with E-state index in [0.29, 0.717) is 12.3 Å². The maximum atomic E-state index is 12.7. The Bertz CT molecular complexity index is 708. The Balaban J connectivity index is 1.78. The summed E-state index contributed by atoms with van der Waals surface area (Å²) in [5, 5.41) is 22.8. The normalized spacial score (nSPS) is 26.6. The van der Waals surface area contributed by atoms with Crippen LogP contribution in [-0.2, 0) is 4.79 Å². The fourth-order valence-electron chi connectivity index (χ4n) is 4.33. The predicted molar refractivity (Wildman–Crippen MR) is 91.8 cm³/mol. The van der Waals surface area contributed by atoms with E-state index < -0.39 is 0 Å². The zero-order chi connectivity index (χ0) is 17.4. The summed E-state index contributed by atoms with van der Waals surface area (Å²) in [7, 11) is 0. The van der Waals surface area contributed by atoms with Crippen LogP contribution in [0.3, 0.4) is 0 Å². The Hall–Kier alpha value is -2.06. The van der Waals surface area contributed by atoms with E-state index >= 15 is 0 Å². The molecule has 0 spiro atoms. The molecule has 1 amide bonds. The van der Waals surface area contributed by atoms with Gasteiger partial charge in [-0.25, -0.2) is 0 Å². The smallest absolute Gasteiger partial charge is 0.240 e. The van der Waals surface area contributed by atoms with Crippen molar-refractivity contribution in [3.8, 4) is 11.8 Å². The number of hydrogen-bond donors (Lipinski definition) is 2. The van der Waals surface area contributed by atoms with Crippen LogP contribution in [0.15, 0.2) is 6.07 Å². The number of amides is 1. The van der Waals surface area contributed by atoms with Crippen LogP contribution in [0.25, 0.3) is 0 Å². The second-order valence-electron chi connectivity index (χ2n) is 7.11. The molecular weight excluding hydrogens is 302 g/mol. The molecule has 2 saturated heterocycles. The van der Waals surface area contributed by atoms with Gasteiger partial charge in [0.15, 0.2) is 0 Å². The SMILES string of the molecule is Cc1cc(C)c([C@@H]2CN[C@H](C(=O)N3CCC[C@H]3C#N)C2)c(C)c1O. The monoisotopic (exact) mass is 327 g/mol. The lowest BCUT2D eigenvalue weighted by Gasteiger charge is -2.23. The largest absolute Gasteiger partial charge is 0.507 e. The third-order valence-corrected chi connectivity index (χ3v) is 5.51. The summed E-state index contributed by atoms with van der Waals surface area (Å²) in [6.45, 7) is 7.34. The number of nitrogens with zero attached hydrogens (tertiary/aromatic N) is 2. The van der Waals surface area contributed by atoms with Crippen molar-refractivity contribution < 1.29 is 9.90 Å². The van der Waals surface area contributed by atoms with Gasteiger partial charge in [0.2, 0.25) is 5.91 Å². The second kappa shape index (κ2) is 6.45. The van der Waals surface area contributed by atoms with E-state index in [-0.39, 0.29) is 23.9 Å². The van der Waals surface area contributed by atoms with E-state index in [0.717, 1.165) is 42.5 Å². The number of carbonyl (C=O) groups is 1. The third-order valence-electron chi connectivity index (χ3n) is 5.51. The molecule has 3 atom stereocenters. The van der Waals surface area contributed by atoms with Crippen LogP contribution in [0.4, 0.5) is 0 Å². The number of phenolic OH excluding ortho intramolecular Hbond substituents is 1. The molecule has 1 aromatic rings. The topological polar surface area (TPSA) is 76.4 Å². The van der Waals surface area contributed by atoms with Crippen molar-refractivity contribution in [2.24, 2.45) is 0 Å². The molecule has 3 rings (SSSR count). The van der Waals surface area contributed by atoms with Crippen LogP contribution in [0.5, 0.6) is 5.75 Å². The van der Waals surface area contributed by atoms with Gasteiger partial charge in [0.25, 0.3) is 0 Å². The van der Waals surface area contributed by atoms with Gasteiger partial charge in [-0.15, -0.1) is 0 Å². The predicted octanol–water partition coefficient (Wildman–Crippen LogP) is 2.28. The van der Waals surface area contributed by atoms with Crippen LogP contribution in [0, 0.1) is 32.1 Å². The van der Waals surface area contributed by atoms with Gasteiger partial charge in [0, 0.05) is 13.1 Å². The number of likely N-dealkylation sites (tertiary alicyclic amines) is 1. The van der Waals surface area contributed by atoms with Gasteiger partial charge >= 0.3 is 0 Å². The summed E-state index contributed by atoms with van der Waals surface area (Å²) in [4.78, 5) is 14.5. The molecule has 128 valence electrons. The number of phenols is 1. The van der Waals surface area contributed by atoms with Crippen LogP contribution in [0.1, 0.15) is 47.4 Å². The van der Waals surface area contributed by atoms with E-state index in [1.54, 1.807) is 4.90 Å². The lowest BCUT2D eigenvalue weighted by molar-refractivity contribution is -0.133. The van der Waals surface area contributed by atoms with Crippen molar-refractivity contribution >= 4 is 5.91 Å². The molecule has 5 nitrogen and oxygen atoms in total. The molecule has 1 aromatic carbocycles. The zero-order valence-corrected chi connectivity index (χ0v) is 14.6. The molecule has 2 aliphatic rings. The molecule has 0 saturated carbocycles. The summed E-state index contributed by atoms with van der Waals surface area (Å²) >= 11 is 0. The fourth-order valence-corrected chi connectivity index (χ4v) is 4.33. The van der Waals surface area contributed by atoms with Crippen LogP contribution in [0.2, 0.25) is 0 Å². The average molecular weight is 327 g/mol. The molecule has 2 fully saturated rings. The van der Waals surface area contributed by atoms with Crippen LogP contribution in [-0.4, -0.2) is 41.1 Å². The molecule has 0 aliphatic carbocycles. The minimum Gasteiger partial charge on any atom is -0.507 e.